The largest absolute Gasteiger partial charge is 0.489 e. The second-order valence-corrected chi connectivity index (χ2v) is 7.61. The average molecular weight is 371 g/mol. The van der Waals surface area contributed by atoms with Crippen LogP contribution in [0, 0.1) is 19.8 Å². The molecule has 2 heterocycles. The summed E-state index contributed by atoms with van der Waals surface area (Å²) in [5.74, 6) is 2.17. The van der Waals surface area contributed by atoms with Crippen molar-refractivity contribution in [2.75, 3.05) is 32.7 Å². The van der Waals surface area contributed by atoms with E-state index in [2.05, 4.69) is 23.9 Å². The summed E-state index contributed by atoms with van der Waals surface area (Å²) in [7, 11) is 0. The van der Waals surface area contributed by atoms with Crippen LogP contribution in [0.1, 0.15) is 41.2 Å². The maximum atomic E-state index is 12.8. The number of aromatic nitrogens is 1. The Morgan fingerprint density at radius 3 is 2.59 bits per heavy atom. The van der Waals surface area contributed by atoms with Crippen molar-refractivity contribution in [2.24, 2.45) is 5.92 Å². The first-order valence-corrected chi connectivity index (χ1v) is 9.60. The van der Waals surface area contributed by atoms with E-state index in [9.17, 15) is 4.79 Å². The number of carbonyl (C=O) groups is 1. The molecular formula is C21H29N3O3. The summed E-state index contributed by atoms with van der Waals surface area (Å²) in [5, 5.41) is 3.94. The molecule has 1 aromatic carbocycles. The smallest absolute Gasteiger partial charge is 0.254 e. The standard InChI is InChI=1S/C21H29N3O3/c1-15(2)13-23-8-10-24(11-9-23)21(25)18-6-5-7-19(12-18)26-14-20-16(3)22-27-17(20)4/h5-7,12,15H,8-11,13-14H2,1-4H3. The molecule has 0 aliphatic carbocycles. The highest BCUT2D eigenvalue weighted by Crippen LogP contribution is 2.20. The monoisotopic (exact) mass is 371 g/mol. The van der Waals surface area contributed by atoms with Crippen molar-refractivity contribution in [3.8, 4) is 5.75 Å². The first kappa shape index (κ1) is 19.4. The maximum absolute atomic E-state index is 12.8. The fourth-order valence-electron chi connectivity index (χ4n) is 3.41. The number of aryl methyl sites for hydroxylation is 2. The van der Waals surface area contributed by atoms with Crippen LogP contribution in [0.5, 0.6) is 5.75 Å². The second kappa shape index (κ2) is 8.57. The van der Waals surface area contributed by atoms with E-state index in [1.54, 1.807) is 0 Å². The topological polar surface area (TPSA) is 58.8 Å². The highest BCUT2D eigenvalue weighted by molar-refractivity contribution is 5.94. The molecule has 1 fully saturated rings. The zero-order chi connectivity index (χ0) is 19.4. The first-order valence-electron chi connectivity index (χ1n) is 9.60. The number of nitrogens with zero attached hydrogens (tertiary/aromatic N) is 3. The van der Waals surface area contributed by atoms with Gasteiger partial charge in [-0.3, -0.25) is 9.69 Å². The lowest BCUT2D eigenvalue weighted by molar-refractivity contribution is 0.0623. The summed E-state index contributed by atoms with van der Waals surface area (Å²) >= 11 is 0. The van der Waals surface area contributed by atoms with Gasteiger partial charge in [0.2, 0.25) is 0 Å². The van der Waals surface area contributed by atoms with Gasteiger partial charge >= 0.3 is 0 Å². The Kier molecular flexibility index (Phi) is 6.16. The number of carbonyl (C=O) groups excluding carboxylic acids is 1. The van der Waals surface area contributed by atoms with Crippen LogP contribution in [0.15, 0.2) is 28.8 Å². The van der Waals surface area contributed by atoms with E-state index in [1.807, 2.05) is 43.0 Å². The van der Waals surface area contributed by atoms with Gasteiger partial charge in [-0.05, 0) is 38.0 Å². The van der Waals surface area contributed by atoms with Gasteiger partial charge in [0.15, 0.2) is 0 Å². The van der Waals surface area contributed by atoms with Crippen LogP contribution in [0.2, 0.25) is 0 Å². The fourth-order valence-corrected chi connectivity index (χ4v) is 3.41. The summed E-state index contributed by atoms with van der Waals surface area (Å²) in [6.45, 7) is 13.1. The molecule has 1 saturated heterocycles. The van der Waals surface area contributed by atoms with E-state index in [-0.39, 0.29) is 5.91 Å². The van der Waals surface area contributed by atoms with Gasteiger partial charge in [0.1, 0.15) is 18.1 Å². The number of rotatable bonds is 6. The molecule has 1 aliphatic rings. The van der Waals surface area contributed by atoms with Gasteiger partial charge in [-0.25, -0.2) is 0 Å². The number of benzene rings is 1. The van der Waals surface area contributed by atoms with Gasteiger partial charge in [-0.1, -0.05) is 25.1 Å². The third-order valence-corrected chi connectivity index (χ3v) is 4.93. The molecule has 2 aromatic rings. The zero-order valence-corrected chi connectivity index (χ0v) is 16.7. The average Bonchev–Trinajstić information content (AvgIpc) is 2.98. The molecule has 6 heteroatoms. The van der Waals surface area contributed by atoms with Crippen LogP contribution >= 0.6 is 0 Å². The van der Waals surface area contributed by atoms with Crippen molar-refractivity contribution in [2.45, 2.75) is 34.3 Å². The van der Waals surface area contributed by atoms with Crippen molar-refractivity contribution < 1.29 is 14.1 Å². The molecule has 1 aliphatic heterocycles. The minimum Gasteiger partial charge on any atom is -0.489 e. The van der Waals surface area contributed by atoms with Crippen molar-refractivity contribution >= 4 is 5.91 Å². The van der Waals surface area contributed by atoms with E-state index in [0.717, 1.165) is 49.7 Å². The molecule has 0 radical (unpaired) electrons. The summed E-state index contributed by atoms with van der Waals surface area (Å²) < 4.78 is 11.0. The van der Waals surface area contributed by atoms with E-state index in [4.69, 9.17) is 9.26 Å². The number of amides is 1. The van der Waals surface area contributed by atoms with Crippen LogP contribution in [-0.2, 0) is 6.61 Å². The second-order valence-electron chi connectivity index (χ2n) is 7.61. The van der Waals surface area contributed by atoms with Gasteiger partial charge in [-0.2, -0.15) is 0 Å². The zero-order valence-electron chi connectivity index (χ0n) is 16.7. The highest BCUT2D eigenvalue weighted by atomic mass is 16.5. The fraction of sp³-hybridized carbons (Fsp3) is 0.524. The Bertz CT molecular complexity index is 757. The molecule has 0 unspecified atom stereocenters. The molecule has 3 rings (SSSR count). The van der Waals surface area contributed by atoms with Crippen molar-refractivity contribution in [1.82, 2.24) is 15.0 Å². The van der Waals surface area contributed by atoms with Crippen LogP contribution < -0.4 is 4.74 Å². The molecule has 27 heavy (non-hydrogen) atoms. The minimum atomic E-state index is 0.0713. The van der Waals surface area contributed by atoms with Crippen LogP contribution in [0.4, 0.5) is 0 Å². The van der Waals surface area contributed by atoms with E-state index >= 15 is 0 Å². The van der Waals surface area contributed by atoms with Crippen molar-refractivity contribution in [3.63, 3.8) is 0 Å². The molecule has 1 amide bonds. The summed E-state index contributed by atoms with van der Waals surface area (Å²) in [6, 6.07) is 7.41. The lowest BCUT2D eigenvalue weighted by Crippen LogP contribution is -2.49. The predicted molar refractivity (Wildman–Crippen MR) is 104 cm³/mol. The predicted octanol–water partition coefficient (Wildman–Crippen LogP) is 3.28. The molecule has 146 valence electrons. The maximum Gasteiger partial charge on any atom is 0.254 e. The van der Waals surface area contributed by atoms with Crippen molar-refractivity contribution in [3.05, 3.63) is 46.8 Å². The normalized spacial score (nSPS) is 15.4. The number of piperazine rings is 1. The Balaban J connectivity index is 1.59. The van der Waals surface area contributed by atoms with Crippen LogP contribution in [-0.4, -0.2) is 53.6 Å². The van der Waals surface area contributed by atoms with Gasteiger partial charge in [0, 0.05) is 38.3 Å². The molecule has 0 spiro atoms. The third-order valence-electron chi connectivity index (χ3n) is 4.93. The molecule has 0 bridgehead atoms. The number of ether oxygens (including phenoxy) is 1. The van der Waals surface area contributed by atoms with Crippen LogP contribution in [0.3, 0.4) is 0 Å². The molecule has 1 aromatic heterocycles. The van der Waals surface area contributed by atoms with Gasteiger partial charge in [0.05, 0.1) is 11.3 Å². The quantitative estimate of drug-likeness (QED) is 0.780. The summed E-state index contributed by atoms with van der Waals surface area (Å²) in [6.07, 6.45) is 0. The molecule has 0 saturated carbocycles. The van der Waals surface area contributed by atoms with Gasteiger partial charge in [0.25, 0.3) is 5.91 Å². The minimum absolute atomic E-state index is 0.0713. The molecule has 0 atom stereocenters. The Morgan fingerprint density at radius 2 is 1.96 bits per heavy atom. The first-order chi connectivity index (χ1) is 12.9. The third kappa shape index (κ3) is 4.89. The molecule has 6 nitrogen and oxygen atoms in total. The Labute approximate surface area is 161 Å². The Morgan fingerprint density at radius 1 is 1.22 bits per heavy atom. The summed E-state index contributed by atoms with van der Waals surface area (Å²) in [5.41, 5.74) is 2.45. The lowest BCUT2D eigenvalue weighted by Gasteiger charge is -2.35. The summed E-state index contributed by atoms with van der Waals surface area (Å²) in [4.78, 5) is 17.2. The van der Waals surface area contributed by atoms with E-state index in [1.165, 1.54) is 0 Å². The molecular weight excluding hydrogens is 342 g/mol. The molecule has 0 N–H and O–H groups in total. The highest BCUT2D eigenvalue weighted by Gasteiger charge is 2.22. The Hall–Kier alpha value is -2.34. The van der Waals surface area contributed by atoms with Gasteiger partial charge in [-0.15, -0.1) is 0 Å². The number of hydrogen-bond acceptors (Lipinski definition) is 5. The lowest BCUT2D eigenvalue weighted by atomic mass is 10.1. The van der Waals surface area contributed by atoms with Crippen LogP contribution in [0.25, 0.3) is 0 Å². The van der Waals surface area contributed by atoms with E-state index in [0.29, 0.717) is 23.8 Å². The van der Waals surface area contributed by atoms with Gasteiger partial charge < -0.3 is 14.2 Å². The van der Waals surface area contributed by atoms with Crippen molar-refractivity contribution in [1.29, 1.82) is 0 Å². The number of hydrogen-bond donors (Lipinski definition) is 0. The SMILES string of the molecule is Cc1noc(C)c1COc1cccc(C(=O)N2CCN(CC(C)C)CC2)c1. The van der Waals surface area contributed by atoms with E-state index < -0.39 is 0 Å².